The number of amides is 1. The number of rotatable bonds is 23. The largest absolute Gasteiger partial charge is 0.382 e. The van der Waals surface area contributed by atoms with Crippen molar-refractivity contribution in [1.82, 2.24) is 9.80 Å². The lowest BCUT2D eigenvalue weighted by Gasteiger charge is -2.32. The molecule has 12 nitrogen and oxygen atoms in total. The molecule has 0 aromatic heterocycles. The van der Waals surface area contributed by atoms with Gasteiger partial charge in [-0.15, -0.1) is 0 Å². The Morgan fingerprint density at radius 2 is 1.45 bits per heavy atom. The number of likely N-dealkylation sites (tertiary alicyclic amines) is 1. The van der Waals surface area contributed by atoms with Gasteiger partial charge < -0.3 is 33.3 Å². The molecular formula is C32H47N3O9. The van der Waals surface area contributed by atoms with Crippen LogP contribution in [0.1, 0.15) is 23.6 Å². The van der Waals surface area contributed by atoms with Gasteiger partial charge in [-0.1, -0.05) is 48.5 Å². The van der Waals surface area contributed by atoms with Crippen molar-refractivity contribution in [3.63, 3.8) is 0 Å². The molecule has 2 aromatic carbocycles. The maximum Gasteiger partial charge on any atom is 0.273 e. The van der Waals surface area contributed by atoms with Gasteiger partial charge in [0.05, 0.1) is 89.6 Å². The summed E-state index contributed by atoms with van der Waals surface area (Å²) in [5.41, 5.74) is 1.39. The third-order valence-corrected chi connectivity index (χ3v) is 7.36. The Hall–Kier alpha value is -2.97. The second-order valence-electron chi connectivity index (χ2n) is 10.5. The number of hydrogen-bond donors (Lipinski definition) is 0. The third kappa shape index (κ3) is 12.9. The van der Waals surface area contributed by atoms with Crippen molar-refractivity contribution in [3.05, 3.63) is 75.8 Å². The van der Waals surface area contributed by atoms with E-state index in [9.17, 15) is 14.9 Å². The topological polar surface area (TPSA) is 122 Å². The van der Waals surface area contributed by atoms with E-state index in [-0.39, 0.29) is 30.2 Å². The van der Waals surface area contributed by atoms with E-state index in [0.29, 0.717) is 78.2 Å². The van der Waals surface area contributed by atoms with Gasteiger partial charge in [-0.05, 0) is 12.0 Å². The Labute approximate surface area is 260 Å². The minimum atomic E-state index is -0.442. The Kier molecular flexibility index (Phi) is 16.9. The molecule has 0 saturated carbocycles. The average Bonchev–Trinajstić information content (AvgIpc) is 3.49. The molecule has 1 aliphatic rings. The maximum absolute atomic E-state index is 13.3. The van der Waals surface area contributed by atoms with Crippen LogP contribution in [0, 0.1) is 10.1 Å². The molecule has 0 radical (unpaired) electrons. The van der Waals surface area contributed by atoms with Crippen molar-refractivity contribution in [2.75, 3.05) is 99.9 Å². The lowest BCUT2D eigenvalue weighted by Crippen LogP contribution is -2.39. The van der Waals surface area contributed by atoms with Crippen molar-refractivity contribution in [1.29, 1.82) is 0 Å². The van der Waals surface area contributed by atoms with Crippen LogP contribution in [0.25, 0.3) is 0 Å². The summed E-state index contributed by atoms with van der Waals surface area (Å²) in [5, 5.41) is 11.5. The van der Waals surface area contributed by atoms with E-state index in [0.717, 1.165) is 25.1 Å². The summed E-state index contributed by atoms with van der Waals surface area (Å²) in [6, 6.07) is 16.1. The molecule has 1 amide bonds. The van der Waals surface area contributed by atoms with E-state index in [1.54, 1.807) is 37.3 Å². The van der Waals surface area contributed by atoms with Crippen LogP contribution in [0.2, 0.25) is 0 Å². The molecule has 3 rings (SSSR count). The zero-order chi connectivity index (χ0) is 31.4. The number of carbonyl (C=O) groups excluding carboxylic acids is 1. The number of methoxy groups -OCH3 is 1. The fourth-order valence-corrected chi connectivity index (χ4v) is 4.95. The molecule has 1 aliphatic heterocycles. The minimum absolute atomic E-state index is 0.0351. The van der Waals surface area contributed by atoms with Crippen molar-refractivity contribution in [2.24, 2.45) is 0 Å². The number of carbonyl (C=O) groups is 1. The summed E-state index contributed by atoms with van der Waals surface area (Å²) in [5.74, 6) is -0.169. The van der Waals surface area contributed by atoms with Crippen molar-refractivity contribution >= 4 is 11.6 Å². The number of benzene rings is 2. The molecule has 1 heterocycles. The highest BCUT2D eigenvalue weighted by molar-refractivity contribution is 5.80. The van der Waals surface area contributed by atoms with Gasteiger partial charge in [-0.25, -0.2) is 0 Å². The van der Waals surface area contributed by atoms with Crippen LogP contribution in [0.15, 0.2) is 54.6 Å². The van der Waals surface area contributed by atoms with Crippen LogP contribution < -0.4 is 0 Å². The standard InChI is InChI=1S/C32H47N3O9/c1-33(32(36)24-28-10-6-7-11-30(28)35(37)38)31(27-8-4-3-5-9-27)26-34-13-12-29(25-34)44-23-22-43-21-20-42-19-18-41-17-16-40-15-14-39-2/h3-11,29,31H,12-26H2,1-2H3/t29-,31+/m0/s1. The highest BCUT2D eigenvalue weighted by Crippen LogP contribution is 2.26. The summed E-state index contributed by atoms with van der Waals surface area (Å²) < 4.78 is 32.9. The average molecular weight is 618 g/mol. The lowest BCUT2D eigenvalue weighted by molar-refractivity contribution is -0.385. The van der Waals surface area contributed by atoms with Gasteiger partial charge in [0.2, 0.25) is 5.91 Å². The molecule has 12 heteroatoms. The summed E-state index contributed by atoms with van der Waals surface area (Å²) in [4.78, 5) is 28.4. The van der Waals surface area contributed by atoms with Crippen LogP contribution in [-0.2, 0) is 39.6 Å². The van der Waals surface area contributed by atoms with Gasteiger partial charge in [0.1, 0.15) is 0 Å². The van der Waals surface area contributed by atoms with Crippen molar-refractivity contribution < 1.29 is 38.1 Å². The molecule has 2 aromatic rings. The van der Waals surface area contributed by atoms with Gasteiger partial charge in [0.15, 0.2) is 0 Å². The summed E-state index contributed by atoms with van der Waals surface area (Å²) in [6.07, 6.45) is 0.956. The summed E-state index contributed by atoms with van der Waals surface area (Å²) >= 11 is 0. The third-order valence-electron chi connectivity index (χ3n) is 7.36. The molecule has 2 atom stereocenters. The van der Waals surface area contributed by atoms with Gasteiger partial charge in [0, 0.05) is 45.4 Å². The van der Waals surface area contributed by atoms with Crippen LogP contribution in [-0.4, -0.2) is 127 Å². The minimum Gasteiger partial charge on any atom is -0.382 e. The first-order valence-electron chi connectivity index (χ1n) is 15.2. The molecule has 0 unspecified atom stereocenters. The number of nitro groups is 1. The predicted octanol–water partition coefficient (Wildman–Crippen LogP) is 3.14. The number of likely N-dealkylation sites (N-methyl/N-ethyl adjacent to an activating group) is 1. The van der Waals surface area contributed by atoms with Crippen molar-refractivity contribution in [2.45, 2.75) is 25.0 Å². The van der Waals surface area contributed by atoms with Crippen molar-refractivity contribution in [3.8, 4) is 0 Å². The normalized spacial score (nSPS) is 15.8. The fourth-order valence-electron chi connectivity index (χ4n) is 4.95. The van der Waals surface area contributed by atoms with Gasteiger partial charge in [-0.3, -0.25) is 19.8 Å². The second-order valence-corrected chi connectivity index (χ2v) is 10.5. The van der Waals surface area contributed by atoms with Crippen LogP contribution in [0.5, 0.6) is 0 Å². The van der Waals surface area contributed by atoms with E-state index in [2.05, 4.69) is 4.90 Å². The summed E-state index contributed by atoms with van der Waals surface area (Å²) in [7, 11) is 3.41. The van der Waals surface area contributed by atoms with Gasteiger partial charge in [0.25, 0.3) is 5.69 Å². The Balaban J connectivity index is 1.33. The SMILES string of the molecule is COCCOCCOCCOCCOCCO[C@H]1CCN(C[C@H](c2ccccc2)N(C)C(=O)Cc2ccccc2[N+](=O)[O-])C1. The molecule has 244 valence electrons. The highest BCUT2D eigenvalue weighted by Gasteiger charge is 2.30. The smallest absolute Gasteiger partial charge is 0.273 e. The molecule has 1 fully saturated rings. The first-order chi connectivity index (χ1) is 21.5. The lowest BCUT2D eigenvalue weighted by atomic mass is 10.0. The molecule has 1 saturated heterocycles. The van der Waals surface area contributed by atoms with E-state index < -0.39 is 4.92 Å². The van der Waals surface area contributed by atoms with Crippen LogP contribution in [0.4, 0.5) is 5.69 Å². The monoisotopic (exact) mass is 617 g/mol. The second kappa shape index (κ2) is 20.9. The quantitative estimate of drug-likeness (QED) is 0.104. The molecule has 0 N–H and O–H groups in total. The van der Waals surface area contributed by atoms with E-state index in [1.807, 2.05) is 30.3 Å². The van der Waals surface area contributed by atoms with E-state index in [4.69, 9.17) is 28.4 Å². The Morgan fingerprint density at radius 3 is 2.07 bits per heavy atom. The van der Waals surface area contributed by atoms with Gasteiger partial charge >= 0.3 is 0 Å². The number of nitro benzene ring substituents is 1. The fraction of sp³-hybridized carbons (Fsp3) is 0.594. The Bertz CT molecular complexity index is 1090. The zero-order valence-electron chi connectivity index (χ0n) is 26.0. The van der Waals surface area contributed by atoms with Crippen LogP contribution >= 0.6 is 0 Å². The number of hydrogen-bond acceptors (Lipinski definition) is 10. The number of para-hydroxylation sites is 1. The number of ether oxygens (including phenoxy) is 6. The highest BCUT2D eigenvalue weighted by atomic mass is 16.6. The molecular weight excluding hydrogens is 570 g/mol. The molecule has 0 aliphatic carbocycles. The number of nitrogens with zero attached hydrogens (tertiary/aromatic N) is 3. The zero-order valence-corrected chi connectivity index (χ0v) is 26.0. The van der Waals surface area contributed by atoms with E-state index in [1.165, 1.54) is 6.07 Å². The molecule has 0 spiro atoms. The summed E-state index contributed by atoms with van der Waals surface area (Å²) in [6.45, 7) is 7.48. The molecule has 0 bridgehead atoms. The van der Waals surface area contributed by atoms with Gasteiger partial charge in [-0.2, -0.15) is 0 Å². The first-order valence-corrected chi connectivity index (χ1v) is 15.2. The van der Waals surface area contributed by atoms with Crippen LogP contribution in [0.3, 0.4) is 0 Å². The molecule has 44 heavy (non-hydrogen) atoms. The Morgan fingerprint density at radius 1 is 0.886 bits per heavy atom. The maximum atomic E-state index is 13.3. The first kappa shape index (κ1) is 35.5. The predicted molar refractivity (Wildman–Crippen MR) is 165 cm³/mol. The van der Waals surface area contributed by atoms with E-state index >= 15 is 0 Å².